The number of nitrogens with one attached hydrogen (secondary N) is 2. The normalized spacial score (nSPS) is 14.7. The van der Waals surface area contributed by atoms with Crippen molar-refractivity contribution in [3.63, 3.8) is 0 Å². The summed E-state index contributed by atoms with van der Waals surface area (Å²) in [6.07, 6.45) is 3.35. The highest BCUT2D eigenvalue weighted by molar-refractivity contribution is 6.02. The highest BCUT2D eigenvalue weighted by Crippen LogP contribution is 2.28. The number of hydrogen-bond donors (Lipinski definition) is 2. The molecule has 2 N–H and O–H groups in total. The molecule has 2 amide bonds. The number of para-hydroxylation sites is 1. The van der Waals surface area contributed by atoms with Crippen molar-refractivity contribution in [2.75, 3.05) is 48.8 Å². The first-order valence-electron chi connectivity index (χ1n) is 10.4. The minimum atomic E-state index is -0.324. The lowest BCUT2D eigenvalue weighted by atomic mass is 10.1. The van der Waals surface area contributed by atoms with Crippen LogP contribution in [-0.2, 0) is 0 Å². The molecule has 0 atom stereocenters. The number of urea groups is 1. The molecule has 31 heavy (non-hydrogen) atoms. The molecule has 7 nitrogen and oxygen atoms in total. The average molecular weight is 412 g/mol. The van der Waals surface area contributed by atoms with E-state index in [0.29, 0.717) is 11.4 Å². The zero-order valence-corrected chi connectivity index (χ0v) is 17.4. The van der Waals surface area contributed by atoms with Gasteiger partial charge in [-0.15, -0.1) is 0 Å². The molecule has 1 saturated heterocycles. The van der Waals surface area contributed by atoms with Crippen molar-refractivity contribution in [2.45, 2.75) is 0 Å². The predicted molar refractivity (Wildman–Crippen MR) is 126 cm³/mol. The summed E-state index contributed by atoms with van der Waals surface area (Å²) < 4.78 is 0. The number of piperazine rings is 1. The first-order chi connectivity index (χ1) is 15.2. The Labute approximate surface area is 180 Å². The lowest BCUT2D eigenvalue weighted by Crippen LogP contribution is -2.44. The molecule has 1 aliphatic heterocycles. The Hall–Kier alpha value is -3.71. The number of anilines is 3. The Morgan fingerprint density at radius 1 is 0.839 bits per heavy atom. The van der Waals surface area contributed by atoms with Gasteiger partial charge >= 0.3 is 6.03 Å². The second-order valence-corrected chi connectivity index (χ2v) is 7.85. The van der Waals surface area contributed by atoms with E-state index in [4.69, 9.17) is 0 Å². The summed E-state index contributed by atoms with van der Waals surface area (Å²) >= 11 is 0. The third-order valence-electron chi connectivity index (χ3n) is 5.65. The van der Waals surface area contributed by atoms with E-state index in [1.54, 1.807) is 12.4 Å². The summed E-state index contributed by atoms with van der Waals surface area (Å²) in [6.45, 7) is 4.01. The van der Waals surface area contributed by atoms with Crippen LogP contribution >= 0.6 is 0 Å². The summed E-state index contributed by atoms with van der Waals surface area (Å²) in [6, 6.07) is 17.5. The van der Waals surface area contributed by atoms with E-state index in [9.17, 15) is 4.79 Å². The van der Waals surface area contributed by atoms with E-state index in [1.165, 1.54) is 0 Å². The van der Waals surface area contributed by atoms with Crippen molar-refractivity contribution < 1.29 is 4.79 Å². The van der Waals surface area contributed by atoms with Gasteiger partial charge in [0.25, 0.3) is 0 Å². The molecule has 0 saturated carbocycles. The molecular formula is C24H24N6O. The number of rotatable bonds is 3. The Morgan fingerprint density at radius 3 is 2.32 bits per heavy atom. The molecule has 4 aromatic rings. The molecule has 2 aromatic carbocycles. The summed E-state index contributed by atoms with van der Waals surface area (Å²) in [5.41, 5.74) is 4.26. The molecule has 0 aliphatic carbocycles. The van der Waals surface area contributed by atoms with Crippen LogP contribution in [-0.4, -0.2) is 54.1 Å². The van der Waals surface area contributed by atoms with Crippen LogP contribution in [0.2, 0.25) is 0 Å². The summed E-state index contributed by atoms with van der Waals surface area (Å²) in [5.74, 6) is 0. The monoisotopic (exact) mass is 412 g/mol. The first-order valence-corrected chi connectivity index (χ1v) is 10.4. The van der Waals surface area contributed by atoms with Gasteiger partial charge in [0.05, 0.1) is 34.8 Å². The van der Waals surface area contributed by atoms with Crippen molar-refractivity contribution >= 4 is 44.9 Å². The highest BCUT2D eigenvalue weighted by atomic mass is 16.2. The number of carbonyl (C=O) groups excluding carboxylic acids is 1. The SMILES string of the molecule is CN1CCN(c2cccc3ncc(NC(=O)Nc4cnc5ccccc5c4)cc23)CC1. The van der Waals surface area contributed by atoms with Gasteiger partial charge < -0.3 is 20.4 Å². The largest absolute Gasteiger partial charge is 0.368 e. The number of likely N-dealkylation sites (N-methyl/N-ethyl adjacent to an activating group) is 1. The van der Waals surface area contributed by atoms with Gasteiger partial charge in [-0.25, -0.2) is 4.79 Å². The van der Waals surface area contributed by atoms with Crippen LogP contribution in [0, 0.1) is 0 Å². The minimum Gasteiger partial charge on any atom is -0.368 e. The number of amides is 2. The Bertz CT molecular complexity index is 1250. The van der Waals surface area contributed by atoms with Crippen LogP contribution in [0.15, 0.2) is 67.0 Å². The Kier molecular flexibility index (Phi) is 5.09. The molecule has 2 aromatic heterocycles. The van der Waals surface area contributed by atoms with E-state index in [1.807, 2.05) is 48.5 Å². The minimum absolute atomic E-state index is 0.324. The smallest absolute Gasteiger partial charge is 0.323 e. The van der Waals surface area contributed by atoms with Crippen LogP contribution in [0.1, 0.15) is 0 Å². The topological polar surface area (TPSA) is 73.4 Å². The highest BCUT2D eigenvalue weighted by Gasteiger charge is 2.17. The lowest BCUT2D eigenvalue weighted by Gasteiger charge is -2.34. The van der Waals surface area contributed by atoms with Crippen LogP contribution in [0.4, 0.5) is 21.9 Å². The van der Waals surface area contributed by atoms with Crippen molar-refractivity contribution in [1.82, 2.24) is 14.9 Å². The van der Waals surface area contributed by atoms with Crippen LogP contribution in [0.25, 0.3) is 21.8 Å². The van der Waals surface area contributed by atoms with Crippen molar-refractivity contribution in [3.8, 4) is 0 Å². The van der Waals surface area contributed by atoms with Crippen molar-refractivity contribution in [1.29, 1.82) is 0 Å². The number of carbonyl (C=O) groups is 1. The number of benzene rings is 2. The van der Waals surface area contributed by atoms with Gasteiger partial charge in [-0.3, -0.25) is 9.97 Å². The van der Waals surface area contributed by atoms with Crippen LogP contribution in [0.3, 0.4) is 0 Å². The molecule has 0 bridgehead atoms. The summed E-state index contributed by atoms with van der Waals surface area (Å²) in [7, 11) is 2.15. The number of nitrogens with zero attached hydrogens (tertiary/aromatic N) is 4. The van der Waals surface area contributed by atoms with Gasteiger partial charge in [0.1, 0.15) is 0 Å². The average Bonchev–Trinajstić information content (AvgIpc) is 2.79. The van der Waals surface area contributed by atoms with Crippen LogP contribution in [0.5, 0.6) is 0 Å². The zero-order valence-electron chi connectivity index (χ0n) is 17.4. The van der Waals surface area contributed by atoms with Gasteiger partial charge in [-0.05, 0) is 37.4 Å². The van der Waals surface area contributed by atoms with Gasteiger partial charge in [0, 0.05) is 42.6 Å². The first kappa shape index (κ1) is 19.3. The van der Waals surface area contributed by atoms with E-state index in [-0.39, 0.29) is 6.03 Å². The number of hydrogen-bond acceptors (Lipinski definition) is 5. The van der Waals surface area contributed by atoms with Gasteiger partial charge in [-0.1, -0.05) is 24.3 Å². The van der Waals surface area contributed by atoms with E-state index >= 15 is 0 Å². The van der Waals surface area contributed by atoms with Crippen molar-refractivity contribution in [2.24, 2.45) is 0 Å². The third kappa shape index (κ3) is 4.13. The fourth-order valence-corrected chi connectivity index (χ4v) is 3.96. The molecule has 7 heteroatoms. The molecule has 1 aliphatic rings. The fourth-order valence-electron chi connectivity index (χ4n) is 3.96. The van der Waals surface area contributed by atoms with Gasteiger partial charge in [-0.2, -0.15) is 0 Å². The van der Waals surface area contributed by atoms with Crippen molar-refractivity contribution in [3.05, 3.63) is 67.0 Å². The quantitative estimate of drug-likeness (QED) is 0.528. The molecule has 0 spiro atoms. The zero-order chi connectivity index (χ0) is 21.2. The second kappa shape index (κ2) is 8.20. The van der Waals surface area contributed by atoms with E-state index < -0.39 is 0 Å². The van der Waals surface area contributed by atoms with E-state index in [2.05, 4.69) is 43.5 Å². The fraction of sp³-hybridized carbons (Fsp3) is 0.208. The molecule has 5 rings (SSSR count). The van der Waals surface area contributed by atoms with Gasteiger partial charge in [0.15, 0.2) is 0 Å². The summed E-state index contributed by atoms with van der Waals surface area (Å²) in [5, 5.41) is 7.77. The number of fused-ring (bicyclic) bond motifs is 2. The molecule has 0 unspecified atom stereocenters. The molecule has 156 valence electrons. The molecule has 1 fully saturated rings. The predicted octanol–water partition coefficient (Wildman–Crippen LogP) is 4.18. The van der Waals surface area contributed by atoms with E-state index in [0.717, 1.165) is 53.7 Å². The number of aromatic nitrogens is 2. The van der Waals surface area contributed by atoms with Gasteiger partial charge in [0.2, 0.25) is 0 Å². The summed E-state index contributed by atoms with van der Waals surface area (Å²) in [4.78, 5) is 26.2. The second-order valence-electron chi connectivity index (χ2n) is 7.85. The maximum absolute atomic E-state index is 12.6. The number of pyridine rings is 2. The third-order valence-corrected chi connectivity index (χ3v) is 5.65. The molecule has 0 radical (unpaired) electrons. The van der Waals surface area contributed by atoms with Crippen LogP contribution < -0.4 is 15.5 Å². The standard InChI is InChI=1S/C24H24N6O/c1-29-9-11-30(12-10-29)23-8-4-7-22-20(23)14-19(16-26-22)28-24(31)27-18-13-17-5-2-3-6-21(17)25-15-18/h2-8,13-16H,9-12H2,1H3,(H2,27,28,31). The molecule has 3 heterocycles. The lowest BCUT2D eigenvalue weighted by molar-refractivity contribution is 0.262. The maximum Gasteiger partial charge on any atom is 0.323 e. The molecular weight excluding hydrogens is 388 g/mol. The Balaban J connectivity index is 1.35. The maximum atomic E-state index is 12.6. The Morgan fingerprint density at radius 2 is 1.52 bits per heavy atom.